The maximum atomic E-state index is 13.9. The van der Waals surface area contributed by atoms with Gasteiger partial charge in [0, 0.05) is 5.56 Å². The van der Waals surface area contributed by atoms with Gasteiger partial charge < -0.3 is 40.4 Å². The normalized spacial score (nSPS) is 16.0. The van der Waals surface area contributed by atoms with E-state index in [0.717, 1.165) is 9.80 Å². The number of nitrogens with one attached hydrogen (secondary N) is 2. The topological polar surface area (TPSA) is 203 Å². The molecular weight excluding hydrogens is 552 g/mol. The first-order chi connectivity index (χ1) is 19.9. The van der Waals surface area contributed by atoms with Crippen molar-refractivity contribution in [2.75, 3.05) is 29.5 Å². The molecule has 2 aromatic rings. The van der Waals surface area contributed by atoms with E-state index in [1.165, 1.54) is 24.3 Å². The molecule has 3 amide bonds. The van der Waals surface area contributed by atoms with Gasteiger partial charge in [0.15, 0.2) is 0 Å². The van der Waals surface area contributed by atoms with Crippen LogP contribution in [-0.4, -0.2) is 89.3 Å². The number of carboxylic acids is 1. The molecule has 0 fully saturated rings. The molecule has 0 aromatic heterocycles. The fourth-order valence-corrected chi connectivity index (χ4v) is 4.51. The number of benzene rings is 2. The lowest BCUT2D eigenvalue weighted by Gasteiger charge is -2.30. The van der Waals surface area contributed by atoms with Gasteiger partial charge in [-0.15, -0.1) is 0 Å². The number of aromatic hydroxyl groups is 1. The summed E-state index contributed by atoms with van der Waals surface area (Å²) in [5.74, 6) is -4.70. The van der Waals surface area contributed by atoms with Crippen molar-refractivity contribution in [3.05, 3.63) is 53.1 Å². The molecule has 2 aromatic carbocycles. The number of hydrogen-bond acceptors (Lipinski definition) is 10. The highest BCUT2D eigenvalue weighted by molar-refractivity contribution is 6.08. The number of carbonyl (C=O) groups excluding carboxylic acids is 5. The molecule has 1 heterocycles. The van der Waals surface area contributed by atoms with Crippen molar-refractivity contribution in [2.45, 2.75) is 45.5 Å². The van der Waals surface area contributed by atoms with Gasteiger partial charge >= 0.3 is 11.9 Å². The van der Waals surface area contributed by atoms with E-state index >= 15 is 0 Å². The minimum atomic E-state index is -1.89. The van der Waals surface area contributed by atoms with Gasteiger partial charge in [0.05, 0.1) is 37.0 Å². The zero-order chi connectivity index (χ0) is 31.1. The Morgan fingerprint density at radius 2 is 1.74 bits per heavy atom. The molecule has 42 heavy (non-hydrogen) atoms. The van der Waals surface area contributed by atoms with Gasteiger partial charge in [0.2, 0.25) is 12.1 Å². The van der Waals surface area contributed by atoms with Crippen molar-refractivity contribution in [1.29, 1.82) is 0 Å². The van der Waals surface area contributed by atoms with E-state index in [-0.39, 0.29) is 35.6 Å². The highest BCUT2D eigenvalue weighted by Crippen LogP contribution is 2.34. The van der Waals surface area contributed by atoms with Crippen molar-refractivity contribution in [3.8, 4) is 5.75 Å². The number of ether oxygens (including phenoxy) is 1. The molecule has 0 bridgehead atoms. The number of para-hydroxylation sites is 2. The second-order valence-corrected chi connectivity index (χ2v) is 9.58. The SMILES string of the molecule is CCOC(=O)C(O)N1C[C@H](NC(=O)c2cc(C)c(O)c(C)c2)C(=O)N(CC(=O)N[C@H](C=O)CC(=O)O)c2ccccc21. The summed E-state index contributed by atoms with van der Waals surface area (Å²) in [5, 5.41) is 34.8. The van der Waals surface area contributed by atoms with Crippen molar-refractivity contribution >= 4 is 47.3 Å². The average molecular weight is 585 g/mol. The van der Waals surface area contributed by atoms with E-state index in [4.69, 9.17) is 9.84 Å². The number of aldehydes is 1. The van der Waals surface area contributed by atoms with Gasteiger partial charge in [-0.2, -0.15) is 0 Å². The lowest BCUT2D eigenvalue weighted by atomic mass is 10.0. The van der Waals surface area contributed by atoms with E-state index < -0.39 is 67.5 Å². The summed E-state index contributed by atoms with van der Waals surface area (Å²) in [5.41, 5.74) is 1.22. The van der Waals surface area contributed by atoms with Crippen molar-refractivity contribution in [3.63, 3.8) is 0 Å². The molecule has 0 saturated heterocycles. The number of carbonyl (C=O) groups is 6. The Kier molecular flexibility index (Phi) is 10.2. The van der Waals surface area contributed by atoms with Crippen LogP contribution in [0.1, 0.15) is 34.8 Å². The summed E-state index contributed by atoms with van der Waals surface area (Å²) in [6, 6.07) is 6.14. The van der Waals surface area contributed by atoms with Crippen LogP contribution in [0.4, 0.5) is 11.4 Å². The minimum Gasteiger partial charge on any atom is -0.507 e. The van der Waals surface area contributed by atoms with E-state index in [9.17, 15) is 39.0 Å². The van der Waals surface area contributed by atoms with Gasteiger partial charge in [-0.1, -0.05) is 12.1 Å². The average Bonchev–Trinajstić information content (AvgIpc) is 3.05. The first-order valence-corrected chi connectivity index (χ1v) is 13.0. The number of aliphatic carboxylic acids is 1. The number of rotatable bonds is 11. The molecule has 1 aliphatic rings. The monoisotopic (exact) mass is 584 g/mol. The van der Waals surface area contributed by atoms with Gasteiger partial charge in [-0.3, -0.25) is 24.1 Å². The number of aliphatic hydroxyl groups excluding tert-OH is 1. The number of aliphatic hydroxyl groups is 1. The third-order valence-corrected chi connectivity index (χ3v) is 6.48. The second-order valence-electron chi connectivity index (χ2n) is 9.58. The van der Waals surface area contributed by atoms with Crippen LogP contribution in [0.25, 0.3) is 0 Å². The first kappa shape index (κ1) is 31.5. The quantitative estimate of drug-likeness (QED) is 0.176. The van der Waals surface area contributed by atoms with Crippen LogP contribution in [0, 0.1) is 13.8 Å². The van der Waals surface area contributed by atoms with Crippen LogP contribution in [0.3, 0.4) is 0 Å². The van der Waals surface area contributed by atoms with E-state index in [2.05, 4.69) is 10.6 Å². The Labute approximate surface area is 240 Å². The maximum Gasteiger partial charge on any atom is 0.356 e. The van der Waals surface area contributed by atoms with E-state index in [0.29, 0.717) is 11.1 Å². The summed E-state index contributed by atoms with van der Waals surface area (Å²) in [6.45, 7) is 3.61. The predicted octanol–water partition coefficient (Wildman–Crippen LogP) is 0.000540. The van der Waals surface area contributed by atoms with Gasteiger partial charge in [-0.05, 0) is 56.2 Å². The fourth-order valence-electron chi connectivity index (χ4n) is 4.51. The van der Waals surface area contributed by atoms with E-state index in [1.54, 1.807) is 32.9 Å². The summed E-state index contributed by atoms with van der Waals surface area (Å²) in [6.07, 6.45) is -2.31. The largest absolute Gasteiger partial charge is 0.507 e. The van der Waals surface area contributed by atoms with E-state index in [1.807, 2.05) is 0 Å². The zero-order valence-electron chi connectivity index (χ0n) is 23.2. The number of amides is 3. The molecule has 0 aliphatic carbocycles. The lowest BCUT2D eigenvalue weighted by molar-refractivity contribution is -0.153. The number of fused-ring (bicyclic) bond motifs is 1. The predicted molar refractivity (Wildman–Crippen MR) is 148 cm³/mol. The van der Waals surface area contributed by atoms with Crippen LogP contribution >= 0.6 is 0 Å². The van der Waals surface area contributed by atoms with Crippen LogP contribution in [-0.2, 0) is 28.7 Å². The summed E-state index contributed by atoms with van der Waals surface area (Å²) >= 11 is 0. The maximum absolute atomic E-state index is 13.9. The number of hydrogen-bond donors (Lipinski definition) is 5. The Balaban J connectivity index is 2.03. The number of carboxylic acid groups (broad SMARTS) is 1. The molecular formula is C28H32N4O10. The fraction of sp³-hybridized carbons (Fsp3) is 0.357. The molecule has 3 atom stereocenters. The third-order valence-electron chi connectivity index (χ3n) is 6.48. The number of phenolic OH excluding ortho intramolecular Hbond substituents is 1. The zero-order valence-corrected chi connectivity index (χ0v) is 23.2. The highest BCUT2D eigenvalue weighted by atomic mass is 16.5. The number of nitrogens with zero attached hydrogens (tertiary/aromatic N) is 2. The molecule has 224 valence electrons. The number of phenols is 1. The Hall–Kier alpha value is -4.98. The Bertz CT molecular complexity index is 1370. The minimum absolute atomic E-state index is 0.00462. The highest BCUT2D eigenvalue weighted by Gasteiger charge is 2.39. The van der Waals surface area contributed by atoms with Crippen molar-refractivity contribution in [2.24, 2.45) is 0 Å². The smallest absolute Gasteiger partial charge is 0.356 e. The molecule has 14 nitrogen and oxygen atoms in total. The molecule has 3 rings (SSSR count). The molecule has 1 aliphatic heterocycles. The first-order valence-electron chi connectivity index (χ1n) is 13.0. The Morgan fingerprint density at radius 1 is 1.12 bits per heavy atom. The molecule has 14 heteroatoms. The van der Waals surface area contributed by atoms with Crippen LogP contribution in [0.5, 0.6) is 5.75 Å². The van der Waals surface area contributed by atoms with Crippen LogP contribution in [0.2, 0.25) is 0 Å². The summed E-state index contributed by atoms with van der Waals surface area (Å²) in [4.78, 5) is 77.1. The third kappa shape index (κ3) is 7.20. The number of anilines is 2. The molecule has 0 saturated carbocycles. The van der Waals surface area contributed by atoms with Gasteiger partial charge in [-0.25, -0.2) is 4.79 Å². The standard InChI is InChI=1S/C28H32N4O10/c1-4-42-28(41)27(40)31-12-19(30-25(38)17-9-15(2)24(37)16(3)10-17)26(39)32(21-8-6-5-7-20(21)31)13-22(34)29-18(14-33)11-23(35)36/h5-10,14,18-19,27,37,40H,4,11-13H2,1-3H3,(H,29,34)(H,30,38)(H,35,36)/t18-,19-,27?/m0/s1. The summed E-state index contributed by atoms with van der Waals surface area (Å²) < 4.78 is 4.96. The van der Waals surface area contributed by atoms with Gasteiger partial charge in [0.25, 0.3) is 11.8 Å². The van der Waals surface area contributed by atoms with Crippen LogP contribution < -0.4 is 20.4 Å². The Morgan fingerprint density at radius 3 is 2.31 bits per heavy atom. The van der Waals surface area contributed by atoms with Crippen molar-refractivity contribution < 1.29 is 48.8 Å². The molecule has 0 spiro atoms. The van der Waals surface area contributed by atoms with Gasteiger partial charge in [0.1, 0.15) is 24.6 Å². The second kappa shape index (κ2) is 13.6. The lowest BCUT2D eigenvalue weighted by Crippen LogP contribution is -2.56. The number of aryl methyl sites for hydroxylation is 2. The van der Waals surface area contributed by atoms with Crippen molar-refractivity contribution in [1.82, 2.24) is 10.6 Å². The summed E-state index contributed by atoms with van der Waals surface area (Å²) in [7, 11) is 0. The van der Waals surface area contributed by atoms with Crippen LogP contribution in [0.15, 0.2) is 36.4 Å². The number of esters is 1. The molecule has 5 N–H and O–H groups in total. The molecule has 0 radical (unpaired) electrons. The molecule has 1 unspecified atom stereocenters.